The quantitative estimate of drug-likeness (QED) is 0.521. The highest BCUT2D eigenvalue weighted by atomic mass is 16.6. The van der Waals surface area contributed by atoms with Gasteiger partial charge in [0.25, 0.3) is 0 Å². The Hall–Kier alpha value is -3.42. The second kappa shape index (κ2) is 6.83. The molecule has 1 N–H and O–H groups in total. The van der Waals surface area contributed by atoms with Crippen LogP contribution in [-0.2, 0) is 0 Å². The van der Waals surface area contributed by atoms with Crippen LogP contribution in [0.1, 0.15) is 24.2 Å². The molecule has 0 saturated carbocycles. The average Bonchev–Trinajstić information content (AvgIpc) is 3.03. The minimum Gasteiger partial charge on any atom is -0.487 e. The third-order valence-electron chi connectivity index (χ3n) is 3.62. The monoisotopic (exact) mass is 356 g/mol. The fraction of sp³-hybridized carbons (Fsp3) is 0.222. The standard InChI is InChI=1S/C18H16N2O6/c1-10(2)9-25-15-7-6-11(8-14(15)20(23)24)17-19-13-5-3-4-12(18(21)22)16(13)26-17/h3-8,10H,9H2,1-2H3,(H,21,22). The maximum Gasteiger partial charge on any atom is 0.339 e. The number of carbonyl (C=O) groups is 1. The zero-order valence-electron chi connectivity index (χ0n) is 14.1. The highest BCUT2D eigenvalue weighted by molar-refractivity contribution is 6.00. The first kappa shape index (κ1) is 17.4. The molecule has 0 amide bonds. The normalized spacial score (nSPS) is 11.0. The van der Waals surface area contributed by atoms with Gasteiger partial charge in [0, 0.05) is 11.6 Å². The van der Waals surface area contributed by atoms with E-state index >= 15 is 0 Å². The Bertz CT molecular complexity index is 993. The van der Waals surface area contributed by atoms with E-state index in [-0.39, 0.29) is 34.4 Å². The van der Waals surface area contributed by atoms with Crippen LogP contribution in [0, 0.1) is 16.0 Å². The van der Waals surface area contributed by atoms with Crippen LogP contribution in [0.2, 0.25) is 0 Å². The second-order valence-electron chi connectivity index (χ2n) is 6.12. The summed E-state index contributed by atoms with van der Waals surface area (Å²) in [5, 5.41) is 20.6. The van der Waals surface area contributed by atoms with Crippen molar-refractivity contribution >= 4 is 22.8 Å². The minimum atomic E-state index is -1.14. The number of benzene rings is 2. The van der Waals surface area contributed by atoms with Crippen molar-refractivity contribution in [1.82, 2.24) is 4.98 Å². The molecule has 0 fully saturated rings. The molecule has 1 heterocycles. The van der Waals surface area contributed by atoms with Crippen LogP contribution in [0.3, 0.4) is 0 Å². The van der Waals surface area contributed by atoms with Crippen molar-refractivity contribution in [2.75, 3.05) is 6.61 Å². The van der Waals surface area contributed by atoms with Gasteiger partial charge in [0.05, 0.1) is 11.5 Å². The number of nitro benzene ring substituents is 1. The van der Waals surface area contributed by atoms with E-state index in [4.69, 9.17) is 9.15 Å². The number of carboxylic acid groups (broad SMARTS) is 1. The van der Waals surface area contributed by atoms with Crippen LogP contribution >= 0.6 is 0 Å². The lowest BCUT2D eigenvalue weighted by Crippen LogP contribution is -2.06. The number of rotatable bonds is 6. The first-order valence-corrected chi connectivity index (χ1v) is 7.91. The molecule has 0 spiro atoms. The summed E-state index contributed by atoms with van der Waals surface area (Å²) in [6.07, 6.45) is 0. The van der Waals surface area contributed by atoms with Crippen molar-refractivity contribution in [3.63, 3.8) is 0 Å². The average molecular weight is 356 g/mol. The molecule has 134 valence electrons. The summed E-state index contributed by atoms with van der Waals surface area (Å²) in [5.74, 6) is -0.649. The smallest absolute Gasteiger partial charge is 0.339 e. The third-order valence-corrected chi connectivity index (χ3v) is 3.62. The molecule has 0 saturated heterocycles. The third kappa shape index (κ3) is 3.34. The number of carboxylic acids is 1. The van der Waals surface area contributed by atoms with E-state index < -0.39 is 10.9 Å². The van der Waals surface area contributed by atoms with Gasteiger partial charge >= 0.3 is 11.7 Å². The van der Waals surface area contributed by atoms with Gasteiger partial charge in [-0.3, -0.25) is 10.1 Å². The Balaban J connectivity index is 2.05. The van der Waals surface area contributed by atoms with E-state index in [0.29, 0.717) is 17.7 Å². The Labute approximate surface area is 148 Å². The van der Waals surface area contributed by atoms with E-state index in [1.807, 2.05) is 13.8 Å². The van der Waals surface area contributed by atoms with Gasteiger partial charge in [-0.05, 0) is 30.2 Å². The molecule has 0 aliphatic carbocycles. The summed E-state index contributed by atoms with van der Waals surface area (Å²) in [7, 11) is 0. The van der Waals surface area contributed by atoms with Crippen LogP contribution in [0.4, 0.5) is 5.69 Å². The summed E-state index contributed by atoms with van der Waals surface area (Å²) < 4.78 is 11.1. The van der Waals surface area contributed by atoms with Gasteiger partial charge in [-0.2, -0.15) is 0 Å². The molecule has 0 atom stereocenters. The second-order valence-corrected chi connectivity index (χ2v) is 6.12. The first-order chi connectivity index (χ1) is 12.4. The zero-order chi connectivity index (χ0) is 18.8. The molecule has 26 heavy (non-hydrogen) atoms. The van der Waals surface area contributed by atoms with Crippen molar-refractivity contribution in [3.05, 3.63) is 52.1 Å². The van der Waals surface area contributed by atoms with Gasteiger partial charge in [0.1, 0.15) is 11.1 Å². The van der Waals surface area contributed by atoms with Gasteiger partial charge in [-0.1, -0.05) is 19.9 Å². The molecule has 0 radical (unpaired) electrons. The number of aromatic carboxylic acids is 1. The van der Waals surface area contributed by atoms with Gasteiger partial charge < -0.3 is 14.3 Å². The van der Waals surface area contributed by atoms with E-state index in [0.717, 1.165) is 0 Å². The summed E-state index contributed by atoms with van der Waals surface area (Å²) in [4.78, 5) is 26.3. The van der Waals surface area contributed by atoms with Crippen molar-refractivity contribution in [3.8, 4) is 17.2 Å². The molecule has 1 aromatic heterocycles. The molecule has 0 bridgehead atoms. The number of ether oxygens (including phenoxy) is 1. The van der Waals surface area contributed by atoms with Crippen LogP contribution in [0.5, 0.6) is 5.75 Å². The number of para-hydroxylation sites is 1. The van der Waals surface area contributed by atoms with E-state index in [9.17, 15) is 20.0 Å². The molecule has 8 heteroatoms. The Kier molecular flexibility index (Phi) is 4.57. The highest BCUT2D eigenvalue weighted by Crippen LogP contribution is 2.34. The first-order valence-electron chi connectivity index (χ1n) is 7.91. The van der Waals surface area contributed by atoms with Crippen molar-refractivity contribution in [2.24, 2.45) is 5.92 Å². The molecule has 0 aliphatic rings. The highest BCUT2D eigenvalue weighted by Gasteiger charge is 2.20. The molecule has 3 aromatic rings. The van der Waals surface area contributed by atoms with Crippen LogP contribution in [0.25, 0.3) is 22.6 Å². The maximum atomic E-state index is 11.4. The fourth-order valence-electron chi connectivity index (χ4n) is 2.41. The predicted molar refractivity (Wildman–Crippen MR) is 93.4 cm³/mol. The van der Waals surface area contributed by atoms with Crippen LogP contribution in [0.15, 0.2) is 40.8 Å². The lowest BCUT2D eigenvalue weighted by molar-refractivity contribution is -0.385. The van der Waals surface area contributed by atoms with Gasteiger partial charge in [0.2, 0.25) is 5.89 Å². The number of nitrogens with zero attached hydrogens (tertiary/aromatic N) is 2. The molecule has 3 rings (SSSR count). The van der Waals surface area contributed by atoms with Gasteiger partial charge in [-0.15, -0.1) is 0 Å². The Morgan fingerprint density at radius 2 is 2.12 bits per heavy atom. The Morgan fingerprint density at radius 1 is 1.35 bits per heavy atom. The van der Waals surface area contributed by atoms with Crippen LogP contribution < -0.4 is 4.74 Å². The molecular formula is C18H16N2O6. The van der Waals surface area contributed by atoms with E-state index in [2.05, 4.69) is 4.98 Å². The van der Waals surface area contributed by atoms with Crippen molar-refractivity contribution in [1.29, 1.82) is 0 Å². The SMILES string of the molecule is CC(C)COc1ccc(-c2nc3cccc(C(=O)O)c3o2)cc1[N+](=O)[O-]. The number of oxazole rings is 1. The summed E-state index contributed by atoms with van der Waals surface area (Å²) >= 11 is 0. The number of hydrogen-bond donors (Lipinski definition) is 1. The maximum absolute atomic E-state index is 11.4. The van der Waals surface area contributed by atoms with Crippen molar-refractivity contribution in [2.45, 2.75) is 13.8 Å². The van der Waals surface area contributed by atoms with Gasteiger partial charge in [-0.25, -0.2) is 9.78 Å². The molecular weight excluding hydrogens is 340 g/mol. The summed E-state index contributed by atoms with van der Waals surface area (Å²) in [5.41, 5.74) is 0.623. The molecule has 0 unspecified atom stereocenters. The lowest BCUT2D eigenvalue weighted by atomic mass is 10.2. The fourth-order valence-corrected chi connectivity index (χ4v) is 2.41. The largest absolute Gasteiger partial charge is 0.487 e. The number of fused-ring (bicyclic) bond motifs is 1. The number of nitro groups is 1. The number of hydrogen-bond acceptors (Lipinski definition) is 6. The molecule has 8 nitrogen and oxygen atoms in total. The summed E-state index contributed by atoms with van der Waals surface area (Å²) in [6, 6.07) is 8.97. The van der Waals surface area contributed by atoms with Gasteiger partial charge in [0.15, 0.2) is 11.3 Å². The van der Waals surface area contributed by atoms with E-state index in [1.165, 1.54) is 18.2 Å². The van der Waals surface area contributed by atoms with E-state index in [1.54, 1.807) is 18.2 Å². The summed E-state index contributed by atoms with van der Waals surface area (Å²) in [6.45, 7) is 4.24. The molecule has 2 aromatic carbocycles. The molecule has 0 aliphatic heterocycles. The Morgan fingerprint density at radius 3 is 2.77 bits per heavy atom. The van der Waals surface area contributed by atoms with Crippen LogP contribution in [-0.4, -0.2) is 27.6 Å². The minimum absolute atomic E-state index is 0.0207. The van der Waals surface area contributed by atoms with Crippen molar-refractivity contribution < 1.29 is 24.0 Å². The topological polar surface area (TPSA) is 116 Å². The number of aromatic nitrogens is 1. The lowest BCUT2D eigenvalue weighted by Gasteiger charge is -2.09. The predicted octanol–water partition coefficient (Wildman–Crippen LogP) is 4.14. The zero-order valence-corrected chi connectivity index (χ0v) is 14.1.